The van der Waals surface area contributed by atoms with E-state index in [1.54, 1.807) is 38.9 Å². The summed E-state index contributed by atoms with van der Waals surface area (Å²) < 4.78 is 16.7. The molecule has 0 saturated carbocycles. The largest absolute Gasteiger partial charge is 0.497 e. The summed E-state index contributed by atoms with van der Waals surface area (Å²) in [6.07, 6.45) is 0.690. The van der Waals surface area contributed by atoms with Gasteiger partial charge in [0.05, 0.1) is 25.3 Å². The Kier molecular flexibility index (Phi) is 11.6. The molecule has 0 fully saturated rings. The predicted octanol–water partition coefficient (Wildman–Crippen LogP) is 6.09. The van der Waals surface area contributed by atoms with Crippen LogP contribution in [0.15, 0.2) is 91.5 Å². The highest BCUT2D eigenvalue weighted by Crippen LogP contribution is 2.44. The first-order chi connectivity index (χ1) is 21.6. The summed E-state index contributed by atoms with van der Waals surface area (Å²) >= 11 is 0. The summed E-state index contributed by atoms with van der Waals surface area (Å²) in [5, 5.41) is 17.8. The third-order valence-electron chi connectivity index (χ3n) is 7.67. The molecule has 1 aliphatic rings. The van der Waals surface area contributed by atoms with Crippen LogP contribution in [-0.4, -0.2) is 60.1 Å². The van der Waals surface area contributed by atoms with Crippen LogP contribution in [0.3, 0.4) is 0 Å². The number of ether oxygens (including phenoxy) is 3. The van der Waals surface area contributed by atoms with Crippen LogP contribution in [0, 0.1) is 0 Å². The van der Waals surface area contributed by atoms with Crippen LogP contribution in [0.5, 0.6) is 5.75 Å². The van der Waals surface area contributed by atoms with E-state index in [0.717, 1.165) is 22.3 Å². The van der Waals surface area contributed by atoms with E-state index in [9.17, 15) is 14.7 Å². The van der Waals surface area contributed by atoms with E-state index in [-0.39, 0.29) is 25.2 Å². The Balaban J connectivity index is 1.50. The molecule has 0 saturated heterocycles. The number of carbonyl (C=O) groups excluding carboxylic acids is 2. The third-order valence-corrected chi connectivity index (χ3v) is 7.67. The molecular weight excluding hydrogens is 570 g/mol. The highest BCUT2D eigenvalue weighted by atomic mass is 16.6. The Morgan fingerprint density at radius 3 is 2.31 bits per heavy atom. The van der Waals surface area contributed by atoms with E-state index >= 15 is 0 Å². The maximum Gasteiger partial charge on any atom is 0.410 e. The molecule has 4 atom stereocenters. The molecule has 4 rings (SSSR count). The molecule has 9 heteroatoms. The molecule has 0 spiro atoms. The van der Waals surface area contributed by atoms with E-state index in [0.29, 0.717) is 25.1 Å². The van der Waals surface area contributed by atoms with E-state index in [2.05, 4.69) is 17.2 Å². The van der Waals surface area contributed by atoms with Gasteiger partial charge in [-0.05, 0) is 68.0 Å². The molecule has 3 N–H and O–H groups in total. The fraction of sp³-hybridized carbons (Fsp3) is 0.389. The summed E-state index contributed by atoms with van der Waals surface area (Å²) in [5.41, 5.74) is 3.14. The molecule has 2 amide bonds. The average molecular weight is 616 g/mol. The van der Waals surface area contributed by atoms with Crippen molar-refractivity contribution in [3.63, 3.8) is 0 Å². The highest BCUT2D eigenvalue weighted by molar-refractivity contribution is 5.69. The van der Waals surface area contributed by atoms with Crippen molar-refractivity contribution in [2.24, 2.45) is 0 Å². The summed E-state index contributed by atoms with van der Waals surface area (Å²) in [5.74, 6) is 0.692. The van der Waals surface area contributed by atoms with Crippen LogP contribution >= 0.6 is 0 Å². The number of nitrogens with zero attached hydrogens (tertiary/aromatic N) is 1. The van der Waals surface area contributed by atoms with Gasteiger partial charge >= 0.3 is 12.2 Å². The second kappa shape index (κ2) is 15.6. The minimum Gasteiger partial charge on any atom is -0.497 e. The Bertz CT molecular complexity index is 1410. The molecule has 3 aromatic rings. The number of aliphatic hydroxyl groups excluding tert-OH is 1. The lowest BCUT2D eigenvalue weighted by atomic mass is 10.0. The van der Waals surface area contributed by atoms with Gasteiger partial charge in [-0.3, -0.25) is 4.90 Å². The number of benzene rings is 3. The fourth-order valence-corrected chi connectivity index (χ4v) is 5.54. The van der Waals surface area contributed by atoms with Crippen LogP contribution in [-0.2, 0) is 22.5 Å². The molecule has 45 heavy (non-hydrogen) atoms. The maximum atomic E-state index is 13.4. The minimum absolute atomic E-state index is 0.164. The number of hydrogen-bond acceptors (Lipinski definition) is 7. The van der Waals surface area contributed by atoms with Gasteiger partial charge in [0.1, 0.15) is 18.0 Å². The van der Waals surface area contributed by atoms with Crippen LogP contribution in [0.4, 0.5) is 9.59 Å². The highest BCUT2D eigenvalue weighted by Gasteiger charge is 2.38. The van der Waals surface area contributed by atoms with Crippen LogP contribution in [0.25, 0.3) is 0 Å². The second-order valence-electron chi connectivity index (χ2n) is 12.2. The zero-order valence-electron chi connectivity index (χ0n) is 26.6. The number of amides is 2. The van der Waals surface area contributed by atoms with Crippen molar-refractivity contribution in [3.05, 3.63) is 114 Å². The quantitative estimate of drug-likeness (QED) is 0.200. The zero-order valence-corrected chi connectivity index (χ0v) is 26.6. The smallest absolute Gasteiger partial charge is 0.410 e. The van der Waals surface area contributed by atoms with Crippen LogP contribution < -0.4 is 15.4 Å². The first kappa shape index (κ1) is 33.6. The van der Waals surface area contributed by atoms with Gasteiger partial charge in [-0.1, -0.05) is 72.8 Å². The molecule has 0 heterocycles. The normalized spacial score (nSPS) is 17.0. The van der Waals surface area contributed by atoms with Gasteiger partial charge in [0.25, 0.3) is 0 Å². The van der Waals surface area contributed by atoms with Crippen molar-refractivity contribution in [1.29, 1.82) is 0 Å². The van der Waals surface area contributed by atoms with Gasteiger partial charge < -0.3 is 30.0 Å². The number of nitrogens with one attached hydrogen (secondary N) is 2. The molecule has 0 unspecified atom stereocenters. The van der Waals surface area contributed by atoms with E-state index in [4.69, 9.17) is 14.2 Å². The molecular formula is C36H45N3O6. The lowest BCUT2D eigenvalue weighted by Gasteiger charge is -2.29. The van der Waals surface area contributed by atoms with Gasteiger partial charge in [-0.25, -0.2) is 9.59 Å². The van der Waals surface area contributed by atoms with E-state index < -0.39 is 29.9 Å². The number of carbonyl (C=O) groups is 2. The number of alkyl carbamates (subject to hydrolysis) is 1. The predicted molar refractivity (Wildman–Crippen MR) is 174 cm³/mol. The van der Waals surface area contributed by atoms with Gasteiger partial charge in [0.2, 0.25) is 0 Å². The lowest BCUT2D eigenvalue weighted by Crippen LogP contribution is -2.50. The first-order valence-corrected chi connectivity index (χ1v) is 15.3. The summed E-state index contributed by atoms with van der Waals surface area (Å²) in [7, 11) is 1.61. The van der Waals surface area contributed by atoms with E-state index in [1.807, 2.05) is 78.9 Å². The number of aliphatic hydroxyl groups is 1. The topological polar surface area (TPSA) is 109 Å². The molecule has 0 bridgehead atoms. The van der Waals surface area contributed by atoms with Crippen molar-refractivity contribution < 1.29 is 28.9 Å². The van der Waals surface area contributed by atoms with Gasteiger partial charge in [0, 0.05) is 19.1 Å². The summed E-state index contributed by atoms with van der Waals surface area (Å²) in [6.45, 7) is 9.91. The number of fused-ring (bicyclic) bond motifs is 1. The SMILES string of the molecule is C=CCN(C(=O)OCc1ccccc1)[C@@H]1C[C@H](NC[C@@H](O)[C@H](Cc2ccccc2)NC(=O)OC(C)(C)C)c2cc(OC)ccc21. The van der Waals surface area contributed by atoms with Gasteiger partial charge in [-0.15, -0.1) is 6.58 Å². The number of rotatable bonds is 13. The van der Waals surface area contributed by atoms with Crippen LogP contribution in [0.1, 0.15) is 61.5 Å². The van der Waals surface area contributed by atoms with E-state index in [1.165, 1.54) is 0 Å². The molecule has 9 nitrogen and oxygen atoms in total. The molecule has 0 aliphatic heterocycles. The minimum atomic E-state index is -0.939. The Hall–Kier alpha value is -4.34. The van der Waals surface area contributed by atoms with Gasteiger partial charge in [-0.2, -0.15) is 0 Å². The Morgan fingerprint density at radius 1 is 1.02 bits per heavy atom. The summed E-state index contributed by atoms with van der Waals surface area (Å²) in [4.78, 5) is 27.8. The van der Waals surface area contributed by atoms with Crippen molar-refractivity contribution >= 4 is 12.2 Å². The van der Waals surface area contributed by atoms with Crippen molar-refractivity contribution in [2.45, 2.75) is 70.1 Å². The van der Waals surface area contributed by atoms with Crippen molar-refractivity contribution in [3.8, 4) is 5.75 Å². The Morgan fingerprint density at radius 2 is 1.69 bits per heavy atom. The standard InChI is InChI=1S/C36H45N3O6/c1-6-19-39(35(42)44-24-26-15-11-8-12-16-26)32-22-30(29-21-27(43-5)17-18-28(29)32)37-23-33(40)31(20-25-13-9-7-10-14-25)38-34(41)45-36(2,3)4/h6-18,21,30-33,37,40H,1,19-20,22-24H2,2-5H3,(H,38,41)/t30-,31-,32+,33+/m0/s1. The first-order valence-electron chi connectivity index (χ1n) is 15.3. The zero-order chi connectivity index (χ0) is 32.4. The third kappa shape index (κ3) is 9.57. The lowest BCUT2D eigenvalue weighted by molar-refractivity contribution is 0.0419. The molecule has 0 radical (unpaired) electrons. The maximum absolute atomic E-state index is 13.4. The van der Waals surface area contributed by atoms with Crippen LogP contribution in [0.2, 0.25) is 0 Å². The van der Waals surface area contributed by atoms with Gasteiger partial charge in [0.15, 0.2) is 0 Å². The molecule has 240 valence electrons. The number of hydrogen-bond donors (Lipinski definition) is 3. The molecule has 3 aromatic carbocycles. The molecule has 0 aromatic heterocycles. The Labute approximate surface area is 266 Å². The van der Waals surface area contributed by atoms with Crippen molar-refractivity contribution in [1.82, 2.24) is 15.5 Å². The fourth-order valence-electron chi connectivity index (χ4n) is 5.54. The molecule has 1 aliphatic carbocycles. The van der Waals surface area contributed by atoms with Crippen molar-refractivity contribution in [2.75, 3.05) is 20.2 Å². The number of methoxy groups -OCH3 is 1. The average Bonchev–Trinajstić information content (AvgIpc) is 3.38. The summed E-state index contributed by atoms with van der Waals surface area (Å²) in [6, 6.07) is 23.9. The second-order valence-corrected chi connectivity index (χ2v) is 12.2. The monoisotopic (exact) mass is 615 g/mol.